The smallest absolute Gasteiger partial charge is 0.351 e. The van der Waals surface area contributed by atoms with Gasteiger partial charge in [-0.1, -0.05) is 17.3 Å². The predicted molar refractivity (Wildman–Crippen MR) is 113 cm³/mol. The molecule has 0 aliphatic carbocycles. The van der Waals surface area contributed by atoms with E-state index in [-0.39, 0.29) is 29.4 Å². The van der Waals surface area contributed by atoms with Gasteiger partial charge in [-0.05, 0) is 37.3 Å². The fourth-order valence-electron chi connectivity index (χ4n) is 3.19. The molecule has 3 rings (SSSR count). The second-order valence-electron chi connectivity index (χ2n) is 7.11. The second-order valence-corrected chi connectivity index (χ2v) is 7.11. The number of esters is 1. The Bertz CT molecular complexity index is 1130. The van der Waals surface area contributed by atoms with Crippen molar-refractivity contribution in [1.29, 1.82) is 5.41 Å². The maximum Gasteiger partial charge on any atom is 0.351 e. The van der Waals surface area contributed by atoms with E-state index in [1.165, 1.54) is 12.1 Å². The molecule has 1 aliphatic rings. The third-order valence-electron chi connectivity index (χ3n) is 4.81. The van der Waals surface area contributed by atoms with Crippen molar-refractivity contribution in [1.82, 2.24) is 0 Å². The summed E-state index contributed by atoms with van der Waals surface area (Å²) in [6.07, 6.45) is -1.00. The lowest BCUT2D eigenvalue weighted by molar-refractivity contribution is -0.169. The van der Waals surface area contributed by atoms with Crippen molar-refractivity contribution in [2.75, 3.05) is 5.32 Å². The molecule has 0 saturated heterocycles. The number of nitrogens with one attached hydrogen (secondary N) is 2. The van der Waals surface area contributed by atoms with E-state index in [0.29, 0.717) is 16.8 Å². The number of nitrogens with two attached hydrogens (primary N) is 1. The number of ether oxygens (including phenoxy) is 1. The molecule has 0 spiro atoms. The Labute approximate surface area is 181 Å². The number of anilines is 1. The van der Waals surface area contributed by atoms with Crippen molar-refractivity contribution < 1.29 is 34.2 Å². The number of carbonyl (C=O) groups excluding carboxylic acids is 1. The first-order valence-corrected chi connectivity index (χ1v) is 9.35. The van der Waals surface area contributed by atoms with E-state index in [2.05, 4.69) is 10.5 Å². The predicted octanol–water partition coefficient (Wildman–Crippen LogP) is 1.94. The van der Waals surface area contributed by atoms with Crippen LogP contribution in [0.5, 0.6) is 5.75 Å². The number of benzene rings is 2. The number of rotatable bonds is 7. The van der Waals surface area contributed by atoms with Gasteiger partial charge in [0.25, 0.3) is 0 Å². The van der Waals surface area contributed by atoms with Gasteiger partial charge in [0.1, 0.15) is 5.75 Å². The molecular weight excluding hydrogens is 420 g/mol. The van der Waals surface area contributed by atoms with E-state index >= 15 is 0 Å². The summed E-state index contributed by atoms with van der Waals surface area (Å²) in [6.45, 7) is 1.66. The van der Waals surface area contributed by atoms with Crippen LogP contribution in [-0.4, -0.2) is 45.4 Å². The van der Waals surface area contributed by atoms with E-state index in [1.54, 1.807) is 37.3 Å². The first-order valence-electron chi connectivity index (χ1n) is 9.35. The maximum absolute atomic E-state index is 12.5. The number of hydrogen-bond donors (Lipinski definition) is 5. The summed E-state index contributed by atoms with van der Waals surface area (Å²) in [7, 11) is 0. The summed E-state index contributed by atoms with van der Waals surface area (Å²) < 4.78 is 5.48. The molecule has 0 fully saturated rings. The number of carboxylic acids is 2. The average molecular weight is 440 g/mol. The number of oxime groups is 1. The van der Waals surface area contributed by atoms with Gasteiger partial charge in [-0.15, -0.1) is 0 Å². The van der Waals surface area contributed by atoms with Crippen molar-refractivity contribution in [3.05, 3.63) is 59.2 Å². The largest absolute Gasteiger partial charge is 0.481 e. The lowest BCUT2D eigenvalue weighted by Crippen LogP contribution is -2.41. The van der Waals surface area contributed by atoms with E-state index < -0.39 is 29.9 Å². The summed E-state index contributed by atoms with van der Waals surface area (Å²) in [5, 5.41) is 32.1. The SMILES string of the molecule is Cc1c(OC(=O)c2ccc(NC(=N)N)cc2)cccc1C1=NOC(CC(=O)O)(C(=O)O)C1. The topological polar surface area (TPSA) is 184 Å². The Balaban J connectivity index is 1.79. The zero-order valence-electron chi connectivity index (χ0n) is 16.9. The van der Waals surface area contributed by atoms with E-state index in [4.69, 9.17) is 25.8 Å². The highest BCUT2D eigenvalue weighted by atomic mass is 16.7. The zero-order valence-corrected chi connectivity index (χ0v) is 16.9. The third-order valence-corrected chi connectivity index (χ3v) is 4.81. The molecule has 1 aliphatic heterocycles. The number of nitrogens with zero attached hydrogens (tertiary/aromatic N) is 1. The molecule has 1 heterocycles. The van der Waals surface area contributed by atoms with Gasteiger partial charge in [0.15, 0.2) is 5.96 Å². The van der Waals surface area contributed by atoms with Crippen LogP contribution in [0.1, 0.15) is 34.3 Å². The third kappa shape index (κ3) is 4.67. The van der Waals surface area contributed by atoms with Crippen molar-refractivity contribution >= 4 is 35.3 Å². The summed E-state index contributed by atoms with van der Waals surface area (Å²) in [5.41, 5.74) is 5.30. The molecule has 6 N–H and O–H groups in total. The standard InChI is InChI=1S/C21H20N4O7/c1-11-14(15-9-21(19(29)30,32-25-15)10-17(26)27)3-2-4-16(11)31-18(28)12-5-7-13(8-6-12)24-20(22)23/h2-8H,9-10H2,1H3,(H,26,27)(H,29,30)(H4,22,23,24). The van der Waals surface area contributed by atoms with E-state index in [0.717, 1.165) is 0 Å². The highest BCUT2D eigenvalue weighted by Crippen LogP contribution is 2.33. The van der Waals surface area contributed by atoms with Gasteiger partial charge in [0, 0.05) is 23.2 Å². The van der Waals surface area contributed by atoms with Crippen LogP contribution in [-0.2, 0) is 14.4 Å². The van der Waals surface area contributed by atoms with Crippen LogP contribution in [0, 0.1) is 12.3 Å². The molecule has 11 nitrogen and oxygen atoms in total. The Morgan fingerprint density at radius 3 is 2.50 bits per heavy atom. The summed E-state index contributed by atoms with van der Waals surface area (Å²) in [5.74, 6) is -3.39. The molecule has 0 amide bonds. The van der Waals surface area contributed by atoms with E-state index in [9.17, 15) is 19.5 Å². The molecule has 0 saturated carbocycles. The van der Waals surface area contributed by atoms with Gasteiger partial charge in [0.05, 0.1) is 17.7 Å². The number of guanidine groups is 1. The monoisotopic (exact) mass is 440 g/mol. The quantitative estimate of drug-likeness (QED) is 0.186. The fraction of sp³-hybridized carbons (Fsp3) is 0.190. The highest BCUT2D eigenvalue weighted by molar-refractivity contribution is 6.06. The van der Waals surface area contributed by atoms with Crippen LogP contribution in [0.3, 0.4) is 0 Å². The molecule has 0 radical (unpaired) electrons. The van der Waals surface area contributed by atoms with Gasteiger partial charge in [0.2, 0.25) is 5.60 Å². The minimum absolute atomic E-state index is 0.229. The average Bonchev–Trinajstić information content (AvgIpc) is 3.14. The van der Waals surface area contributed by atoms with Crippen molar-refractivity contribution in [2.45, 2.75) is 25.4 Å². The molecular formula is C21H20N4O7. The minimum Gasteiger partial charge on any atom is -0.481 e. The van der Waals surface area contributed by atoms with Crippen LogP contribution in [0.25, 0.3) is 0 Å². The number of aliphatic carboxylic acids is 2. The van der Waals surface area contributed by atoms with Gasteiger partial charge in [-0.2, -0.15) is 0 Å². The van der Waals surface area contributed by atoms with Crippen LogP contribution < -0.4 is 15.8 Å². The Kier molecular flexibility index (Phi) is 6.10. The molecule has 166 valence electrons. The van der Waals surface area contributed by atoms with Gasteiger partial charge < -0.3 is 30.8 Å². The highest BCUT2D eigenvalue weighted by Gasteiger charge is 2.49. The van der Waals surface area contributed by atoms with Crippen LogP contribution in [0.4, 0.5) is 5.69 Å². The molecule has 0 bridgehead atoms. The lowest BCUT2D eigenvalue weighted by atomic mass is 9.90. The molecule has 32 heavy (non-hydrogen) atoms. The second kappa shape index (κ2) is 8.76. The molecule has 1 unspecified atom stereocenters. The summed E-state index contributed by atoms with van der Waals surface area (Å²) in [4.78, 5) is 40.3. The van der Waals surface area contributed by atoms with Crippen LogP contribution in [0.15, 0.2) is 47.6 Å². The molecule has 0 aromatic heterocycles. The van der Waals surface area contributed by atoms with Crippen molar-refractivity contribution in [2.24, 2.45) is 10.9 Å². The Hall–Kier alpha value is -4.41. The summed E-state index contributed by atoms with van der Waals surface area (Å²) in [6, 6.07) is 11.0. The van der Waals surface area contributed by atoms with Gasteiger partial charge >= 0.3 is 17.9 Å². The molecule has 11 heteroatoms. The number of carboxylic acid groups (broad SMARTS) is 2. The molecule has 2 aromatic rings. The molecule has 2 aromatic carbocycles. The van der Waals surface area contributed by atoms with Crippen LogP contribution >= 0.6 is 0 Å². The first-order chi connectivity index (χ1) is 15.1. The normalized spacial score (nSPS) is 17.1. The van der Waals surface area contributed by atoms with Crippen molar-refractivity contribution in [3.8, 4) is 5.75 Å². The van der Waals surface area contributed by atoms with E-state index in [1.807, 2.05) is 0 Å². The number of hydrogen-bond acceptors (Lipinski definition) is 7. The fourth-order valence-corrected chi connectivity index (χ4v) is 3.19. The Morgan fingerprint density at radius 1 is 1.22 bits per heavy atom. The lowest BCUT2D eigenvalue weighted by Gasteiger charge is -2.19. The number of carbonyl (C=O) groups is 3. The molecule has 1 atom stereocenters. The van der Waals surface area contributed by atoms with Crippen LogP contribution in [0.2, 0.25) is 0 Å². The Morgan fingerprint density at radius 2 is 1.91 bits per heavy atom. The first kappa shape index (κ1) is 22.3. The van der Waals surface area contributed by atoms with Gasteiger partial charge in [-0.25, -0.2) is 9.59 Å². The minimum atomic E-state index is -1.99. The zero-order chi connectivity index (χ0) is 23.5. The van der Waals surface area contributed by atoms with Crippen molar-refractivity contribution in [3.63, 3.8) is 0 Å². The maximum atomic E-state index is 12.5. The van der Waals surface area contributed by atoms with Gasteiger partial charge in [-0.3, -0.25) is 10.2 Å². The summed E-state index contributed by atoms with van der Waals surface area (Å²) >= 11 is 0.